The Bertz CT molecular complexity index is 367. The number of fused-ring (bicyclic) bond motifs is 1. The Morgan fingerprint density at radius 2 is 2.43 bits per heavy atom. The Balaban J connectivity index is 2.25. The van der Waals surface area contributed by atoms with Crippen molar-refractivity contribution >= 4 is 0 Å². The molecule has 14 heavy (non-hydrogen) atoms. The number of rotatable bonds is 3. The monoisotopic (exact) mass is 197 g/mol. The van der Waals surface area contributed by atoms with Crippen LogP contribution in [-0.2, 0) is 24.3 Å². The summed E-state index contributed by atoms with van der Waals surface area (Å²) < 4.78 is 6.89. The molecule has 0 saturated carbocycles. The number of H-pyrrole nitrogens is 1. The molecule has 1 aromatic rings. The van der Waals surface area contributed by atoms with Crippen LogP contribution in [0.15, 0.2) is 4.79 Å². The van der Waals surface area contributed by atoms with Crippen LogP contribution in [0.5, 0.6) is 0 Å². The highest BCUT2D eigenvalue weighted by molar-refractivity contribution is 5.18. The van der Waals surface area contributed by atoms with E-state index in [0.717, 1.165) is 24.1 Å². The second-order valence-electron chi connectivity index (χ2n) is 3.47. The average Bonchev–Trinajstić information content (AvgIpc) is 2.54. The summed E-state index contributed by atoms with van der Waals surface area (Å²) in [5.74, 6) is 0. The average molecular weight is 197 g/mol. The molecule has 1 aromatic heterocycles. The lowest BCUT2D eigenvalue weighted by atomic mass is 10.1. The lowest BCUT2D eigenvalue weighted by Gasteiger charge is -2.08. The predicted molar refractivity (Wildman–Crippen MR) is 52.1 cm³/mol. The van der Waals surface area contributed by atoms with E-state index < -0.39 is 0 Å². The van der Waals surface area contributed by atoms with Crippen LogP contribution in [-0.4, -0.2) is 22.9 Å². The van der Waals surface area contributed by atoms with E-state index in [2.05, 4.69) is 5.10 Å². The molecular weight excluding hydrogens is 182 g/mol. The first kappa shape index (κ1) is 9.48. The minimum Gasteiger partial charge on any atom is -0.375 e. The highest BCUT2D eigenvalue weighted by atomic mass is 16.5. The number of nitrogens with zero attached hydrogens (tertiary/aromatic N) is 1. The van der Waals surface area contributed by atoms with Gasteiger partial charge in [0.25, 0.3) is 5.56 Å². The number of nitrogens with one attached hydrogen (secondary N) is 1. The van der Waals surface area contributed by atoms with Crippen LogP contribution in [0, 0.1) is 0 Å². The molecule has 3 N–H and O–H groups in total. The van der Waals surface area contributed by atoms with Crippen molar-refractivity contribution in [1.82, 2.24) is 9.78 Å². The number of hydrogen-bond acceptors (Lipinski definition) is 3. The van der Waals surface area contributed by atoms with E-state index in [1.165, 1.54) is 0 Å². The molecule has 5 nitrogen and oxygen atoms in total. The summed E-state index contributed by atoms with van der Waals surface area (Å²) in [6, 6.07) is 0. The van der Waals surface area contributed by atoms with Gasteiger partial charge in [0.2, 0.25) is 0 Å². The van der Waals surface area contributed by atoms with Crippen LogP contribution < -0.4 is 11.3 Å². The maximum absolute atomic E-state index is 11.8. The number of nitrogens with two attached hydrogens (primary N) is 1. The molecule has 0 aliphatic carbocycles. The molecular formula is C9H15N3O2. The fourth-order valence-electron chi connectivity index (χ4n) is 1.71. The highest BCUT2D eigenvalue weighted by Crippen LogP contribution is 2.10. The predicted octanol–water partition coefficient (Wildman–Crippen LogP) is -0.402. The second-order valence-corrected chi connectivity index (χ2v) is 3.47. The molecule has 78 valence electrons. The molecule has 0 radical (unpaired) electrons. The van der Waals surface area contributed by atoms with E-state index in [4.69, 9.17) is 10.5 Å². The first-order valence-electron chi connectivity index (χ1n) is 4.91. The molecule has 2 rings (SSSR count). The fourth-order valence-corrected chi connectivity index (χ4v) is 1.71. The van der Waals surface area contributed by atoms with E-state index in [0.29, 0.717) is 26.3 Å². The van der Waals surface area contributed by atoms with E-state index >= 15 is 0 Å². The molecule has 0 amide bonds. The smallest absolute Gasteiger partial charge is 0.270 e. The second kappa shape index (κ2) is 3.98. The summed E-state index contributed by atoms with van der Waals surface area (Å²) in [5, 5.41) is 3.06. The number of aromatic nitrogens is 2. The van der Waals surface area contributed by atoms with Gasteiger partial charge in [-0.05, 0) is 13.0 Å². The highest BCUT2D eigenvalue weighted by Gasteiger charge is 2.17. The third-order valence-electron chi connectivity index (χ3n) is 2.47. The van der Waals surface area contributed by atoms with Gasteiger partial charge in [0.1, 0.15) is 0 Å². The van der Waals surface area contributed by atoms with Crippen LogP contribution in [0.4, 0.5) is 0 Å². The van der Waals surface area contributed by atoms with Gasteiger partial charge in [-0.25, -0.2) is 0 Å². The third-order valence-corrected chi connectivity index (χ3v) is 2.47. The maximum Gasteiger partial charge on any atom is 0.270 e. The molecule has 5 heteroatoms. The van der Waals surface area contributed by atoms with Gasteiger partial charge >= 0.3 is 0 Å². The van der Waals surface area contributed by atoms with Crippen molar-refractivity contribution < 1.29 is 4.74 Å². The molecule has 1 aliphatic rings. The van der Waals surface area contributed by atoms with Crippen molar-refractivity contribution in [3.05, 3.63) is 21.6 Å². The maximum atomic E-state index is 11.8. The van der Waals surface area contributed by atoms with Gasteiger partial charge in [-0.3, -0.25) is 14.6 Å². The van der Waals surface area contributed by atoms with Crippen molar-refractivity contribution in [2.75, 3.05) is 13.2 Å². The molecule has 0 bridgehead atoms. The standard InChI is InChI=1S/C9H15N3O2/c10-3-1-4-12-9(13)7-2-5-14-6-8(7)11-12/h11H,1-6,10H2. The summed E-state index contributed by atoms with van der Waals surface area (Å²) in [6.45, 7) is 2.45. The third kappa shape index (κ3) is 1.60. The van der Waals surface area contributed by atoms with Gasteiger partial charge in [-0.1, -0.05) is 0 Å². The quantitative estimate of drug-likeness (QED) is 0.692. The van der Waals surface area contributed by atoms with Crippen LogP contribution in [0.3, 0.4) is 0 Å². The van der Waals surface area contributed by atoms with E-state index in [9.17, 15) is 4.79 Å². The van der Waals surface area contributed by atoms with E-state index in [1.807, 2.05) is 0 Å². The lowest BCUT2D eigenvalue weighted by Crippen LogP contribution is -2.22. The normalized spacial score (nSPS) is 15.5. The van der Waals surface area contributed by atoms with Gasteiger partial charge in [-0.15, -0.1) is 0 Å². The minimum absolute atomic E-state index is 0.0942. The molecule has 0 fully saturated rings. The zero-order valence-corrected chi connectivity index (χ0v) is 8.08. The Kier molecular flexibility index (Phi) is 2.69. The zero-order chi connectivity index (χ0) is 9.97. The Hall–Kier alpha value is -1.07. The van der Waals surface area contributed by atoms with Gasteiger partial charge in [-0.2, -0.15) is 0 Å². The van der Waals surface area contributed by atoms with Crippen molar-refractivity contribution in [2.24, 2.45) is 5.73 Å². The van der Waals surface area contributed by atoms with Gasteiger partial charge in [0.15, 0.2) is 0 Å². The van der Waals surface area contributed by atoms with Crippen molar-refractivity contribution in [3.8, 4) is 0 Å². The molecule has 0 unspecified atom stereocenters. The molecule has 0 aromatic carbocycles. The Morgan fingerprint density at radius 1 is 1.57 bits per heavy atom. The Morgan fingerprint density at radius 3 is 3.14 bits per heavy atom. The summed E-state index contributed by atoms with van der Waals surface area (Å²) in [7, 11) is 0. The molecule has 0 atom stereocenters. The summed E-state index contributed by atoms with van der Waals surface area (Å²) in [5.41, 5.74) is 7.30. The van der Waals surface area contributed by atoms with Crippen molar-refractivity contribution in [3.63, 3.8) is 0 Å². The van der Waals surface area contributed by atoms with E-state index in [-0.39, 0.29) is 5.56 Å². The van der Waals surface area contributed by atoms with Crippen LogP contribution in [0.2, 0.25) is 0 Å². The SMILES string of the molecule is NCCCn1[nH]c2c(c1=O)CCOC2. The first-order chi connectivity index (χ1) is 6.83. The molecule has 2 heterocycles. The van der Waals surface area contributed by atoms with Crippen LogP contribution >= 0.6 is 0 Å². The zero-order valence-electron chi connectivity index (χ0n) is 8.08. The summed E-state index contributed by atoms with van der Waals surface area (Å²) in [6.07, 6.45) is 1.54. The number of hydrogen-bond donors (Lipinski definition) is 2. The van der Waals surface area contributed by atoms with Crippen molar-refractivity contribution in [2.45, 2.75) is 26.0 Å². The van der Waals surface area contributed by atoms with Gasteiger partial charge < -0.3 is 10.5 Å². The molecule has 0 saturated heterocycles. The van der Waals surface area contributed by atoms with Gasteiger partial charge in [0.05, 0.1) is 18.9 Å². The fraction of sp³-hybridized carbons (Fsp3) is 0.667. The Labute approximate surface area is 81.8 Å². The largest absolute Gasteiger partial charge is 0.375 e. The van der Waals surface area contributed by atoms with E-state index in [1.54, 1.807) is 4.68 Å². The summed E-state index contributed by atoms with van der Waals surface area (Å²) >= 11 is 0. The summed E-state index contributed by atoms with van der Waals surface area (Å²) in [4.78, 5) is 11.8. The van der Waals surface area contributed by atoms with Gasteiger partial charge in [0, 0.05) is 18.5 Å². The first-order valence-corrected chi connectivity index (χ1v) is 4.91. The van der Waals surface area contributed by atoms with Crippen LogP contribution in [0.25, 0.3) is 0 Å². The van der Waals surface area contributed by atoms with Crippen molar-refractivity contribution in [1.29, 1.82) is 0 Å². The minimum atomic E-state index is 0.0942. The number of aromatic amines is 1. The van der Waals surface area contributed by atoms with Crippen LogP contribution in [0.1, 0.15) is 17.7 Å². The number of ether oxygens (including phenoxy) is 1. The molecule has 1 aliphatic heterocycles. The number of aryl methyl sites for hydroxylation is 1. The molecule has 0 spiro atoms. The lowest BCUT2D eigenvalue weighted by molar-refractivity contribution is 0.108. The topological polar surface area (TPSA) is 73.0 Å².